The molecule has 2 N–H and O–H groups in total. The Morgan fingerprint density at radius 2 is 2.05 bits per heavy atom. The lowest BCUT2D eigenvalue weighted by Crippen LogP contribution is -2.00. The van der Waals surface area contributed by atoms with E-state index in [1.165, 1.54) is 6.07 Å². The van der Waals surface area contributed by atoms with Gasteiger partial charge in [0.15, 0.2) is 0 Å². The van der Waals surface area contributed by atoms with Crippen molar-refractivity contribution in [2.24, 2.45) is 0 Å². The van der Waals surface area contributed by atoms with Crippen LogP contribution in [-0.2, 0) is 6.54 Å². The van der Waals surface area contributed by atoms with E-state index in [1.807, 2.05) is 43.5 Å². The van der Waals surface area contributed by atoms with Gasteiger partial charge in [-0.2, -0.15) is 0 Å². The predicted molar refractivity (Wildman–Crippen MR) is 83.0 cm³/mol. The number of rotatable bonds is 4. The van der Waals surface area contributed by atoms with Crippen LogP contribution in [0.5, 0.6) is 5.75 Å². The van der Waals surface area contributed by atoms with Crippen LogP contribution in [0.3, 0.4) is 0 Å². The molecule has 1 aromatic heterocycles. The molecule has 2 aromatic carbocycles. The summed E-state index contributed by atoms with van der Waals surface area (Å²) < 4.78 is 21.2. The molecular formula is C17H17FN2O. The summed E-state index contributed by atoms with van der Waals surface area (Å²) in [4.78, 5) is 0. The van der Waals surface area contributed by atoms with Crippen LogP contribution in [0.1, 0.15) is 12.5 Å². The third-order valence-electron chi connectivity index (χ3n) is 3.49. The van der Waals surface area contributed by atoms with Crippen molar-refractivity contribution < 1.29 is 9.13 Å². The fraction of sp³-hybridized carbons (Fsp3) is 0.176. The number of fused-ring (bicyclic) bond motifs is 1. The van der Waals surface area contributed by atoms with Crippen LogP contribution in [0.15, 0.2) is 48.7 Å². The molecule has 0 aliphatic heterocycles. The maximum atomic E-state index is 13.5. The second-order valence-corrected chi connectivity index (χ2v) is 4.92. The van der Waals surface area contributed by atoms with Gasteiger partial charge in [0.2, 0.25) is 0 Å². The number of aromatic nitrogens is 1. The molecule has 3 nitrogen and oxygen atoms in total. The van der Waals surface area contributed by atoms with E-state index in [0.29, 0.717) is 13.2 Å². The molecule has 3 aromatic rings. The lowest BCUT2D eigenvalue weighted by Gasteiger charge is -2.08. The van der Waals surface area contributed by atoms with Crippen LogP contribution in [0.2, 0.25) is 0 Å². The number of nitrogen functional groups attached to an aromatic ring is 1. The fourth-order valence-corrected chi connectivity index (χ4v) is 2.48. The summed E-state index contributed by atoms with van der Waals surface area (Å²) >= 11 is 0. The zero-order chi connectivity index (χ0) is 14.8. The van der Waals surface area contributed by atoms with Crippen LogP contribution >= 0.6 is 0 Å². The summed E-state index contributed by atoms with van der Waals surface area (Å²) in [6.07, 6.45) is 1.99. The zero-order valence-corrected chi connectivity index (χ0v) is 11.8. The molecular weight excluding hydrogens is 267 g/mol. The molecule has 0 saturated carbocycles. The summed E-state index contributed by atoms with van der Waals surface area (Å²) in [5, 5.41) is 1.07. The molecule has 0 unspecified atom stereocenters. The first kappa shape index (κ1) is 13.5. The van der Waals surface area contributed by atoms with Gasteiger partial charge in [-0.1, -0.05) is 12.1 Å². The molecule has 1 heterocycles. The monoisotopic (exact) mass is 284 g/mol. The number of hydrogen-bond acceptors (Lipinski definition) is 2. The molecule has 0 spiro atoms. The van der Waals surface area contributed by atoms with E-state index < -0.39 is 0 Å². The molecule has 0 atom stereocenters. The summed E-state index contributed by atoms with van der Waals surface area (Å²) in [5.41, 5.74) is 7.63. The number of anilines is 1. The summed E-state index contributed by atoms with van der Waals surface area (Å²) in [6, 6.07) is 12.9. The second kappa shape index (κ2) is 5.48. The molecule has 0 saturated heterocycles. The lowest BCUT2D eigenvalue weighted by atomic mass is 10.2. The first-order valence-electron chi connectivity index (χ1n) is 6.93. The predicted octanol–water partition coefficient (Wildman–Crippen LogP) is 3.81. The van der Waals surface area contributed by atoms with Gasteiger partial charge in [0, 0.05) is 18.1 Å². The Morgan fingerprint density at radius 1 is 1.19 bits per heavy atom. The normalized spacial score (nSPS) is 11.0. The van der Waals surface area contributed by atoms with Gasteiger partial charge >= 0.3 is 0 Å². The van der Waals surface area contributed by atoms with E-state index in [2.05, 4.69) is 4.57 Å². The zero-order valence-electron chi connectivity index (χ0n) is 11.8. The Kier molecular flexibility index (Phi) is 3.52. The highest BCUT2D eigenvalue weighted by Crippen LogP contribution is 2.27. The maximum Gasteiger partial charge on any atom is 0.146 e. The van der Waals surface area contributed by atoms with Crippen molar-refractivity contribution in [2.45, 2.75) is 13.5 Å². The van der Waals surface area contributed by atoms with Crippen LogP contribution in [0.25, 0.3) is 10.9 Å². The first-order chi connectivity index (χ1) is 10.2. The van der Waals surface area contributed by atoms with Crippen molar-refractivity contribution in [1.29, 1.82) is 0 Å². The van der Waals surface area contributed by atoms with Gasteiger partial charge in [0.25, 0.3) is 0 Å². The van der Waals surface area contributed by atoms with Gasteiger partial charge in [0.05, 0.1) is 17.8 Å². The average molecular weight is 284 g/mol. The Balaban J connectivity index is 1.97. The molecule has 0 amide bonds. The fourth-order valence-electron chi connectivity index (χ4n) is 2.48. The van der Waals surface area contributed by atoms with E-state index in [1.54, 1.807) is 6.07 Å². The minimum atomic E-state index is -0.376. The van der Waals surface area contributed by atoms with E-state index in [0.717, 1.165) is 22.2 Å². The Hall–Kier alpha value is -2.49. The Morgan fingerprint density at radius 3 is 2.81 bits per heavy atom. The van der Waals surface area contributed by atoms with Gasteiger partial charge < -0.3 is 15.0 Å². The number of benzene rings is 2. The molecule has 4 heteroatoms. The van der Waals surface area contributed by atoms with Crippen LogP contribution in [0.4, 0.5) is 10.1 Å². The van der Waals surface area contributed by atoms with Gasteiger partial charge in [-0.15, -0.1) is 0 Å². The molecule has 108 valence electrons. The average Bonchev–Trinajstić information content (AvgIpc) is 2.88. The van der Waals surface area contributed by atoms with Crippen LogP contribution < -0.4 is 10.5 Å². The summed E-state index contributed by atoms with van der Waals surface area (Å²) in [7, 11) is 0. The molecule has 21 heavy (non-hydrogen) atoms. The molecule has 3 rings (SSSR count). The minimum Gasteiger partial charge on any atom is -0.493 e. The lowest BCUT2D eigenvalue weighted by molar-refractivity contribution is 0.344. The second-order valence-electron chi connectivity index (χ2n) is 4.92. The summed E-state index contributed by atoms with van der Waals surface area (Å²) in [5.74, 6) is 0.496. The van der Waals surface area contributed by atoms with E-state index in [-0.39, 0.29) is 11.5 Å². The van der Waals surface area contributed by atoms with E-state index >= 15 is 0 Å². The highest BCUT2D eigenvalue weighted by Gasteiger charge is 2.07. The SMILES string of the molecule is CCOc1cccc2c1ccn2Cc1ccc(N)c(F)c1. The van der Waals surface area contributed by atoms with Crippen molar-refractivity contribution in [1.82, 2.24) is 4.57 Å². The standard InChI is InChI=1S/C17H17FN2O/c1-2-21-17-5-3-4-16-13(17)8-9-20(16)11-12-6-7-15(19)14(18)10-12/h3-10H,2,11,19H2,1H3. The Bertz CT molecular complexity index is 780. The quantitative estimate of drug-likeness (QED) is 0.740. The maximum absolute atomic E-state index is 13.5. The first-order valence-corrected chi connectivity index (χ1v) is 6.93. The van der Waals surface area contributed by atoms with Gasteiger partial charge in [-0.3, -0.25) is 0 Å². The molecule has 0 aliphatic rings. The Labute approximate surface area is 122 Å². The number of halogens is 1. The summed E-state index contributed by atoms with van der Waals surface area (Å²) in [6.45, 7) is 3.19. The van der Waals surface area contributed by atoms with Gasteiger partial charge in [0.1, 0.15) is 11.6 Å². The van der Waals surface area contributed by atoms with Crippen molar-refractivity contribution in [3.63, 3.8) is 0 Å². The van der Waals surface area contributed by atoms with Gasteiger partial charge in [-0.05, 0) is 42.8 Å². The van der Waals surface area contributed by atoms with Crippen LogP contribution in [-0.4, -0.2) is 11.2 Å². The molecule has 0 radical (unpaired) electrons. The van der Waals surface area contributed by atoms with Crippen LogP contribution in [0, 0.1) is 5.82 Å². The molecule has 0 fully saturated rings. The van der Waals surface area contributed by atoms with Crippen molar-refractivity contribution in [3.05, 3.63) is 60.0 Å². The van der Waals surface area contributed by atoms with Crippen molar-refractivity contribution >= 4 is 16.6 Å². The van der Waals surface area contributed by atoms with E-state index in [4.69, 9.17) is 10.5 Å². The van der Waals surface area contributed by atoms with Crippen molar-refractivity contribution in [2.75, 3.05) is 12.3 Å². The number of hydrogen-bond donors (Lipinski definition) is 1. The third kappa shape index (κ3) is 2.57. The smallest absolute Gasteiger partial charge is 0.146 e. The van der Waals surface area contributed by atoms with Gasteiger partial charge in [-0.25, -0.2) is 4.39 Å². The highest BCUT2D eigenvalue weighted by molar-refractivity contribution is 5.86. The largest absolute Gasteiger partial charge is 0.493 e. The topological polar surface area (TPSA) is 40.2 Å². The van der Waals surface area contributed by atoms with Crippen molar-refractivity contribution in [3.8, 4) is 5.75 Å². The number of nitrogens with zero attached hydrogens (tertiary/aromatic N) is 1. The third-order valence-corrected chi connectivity index (χ3v) is 3.49. The number of ether oxygens (including phenoxy) is 1. The number of nitrogens with two attached hydrogens (primary N) is 1. The molecule has 0 bridgehead atoms. The minimum absolute atomic E-state index is 0.176. The highest BCUT2D eigenvalue weighted by atomic mass is 19.1. The molecule has 0 aliphatic carbocycles. The van der Waals surface area contributed by atoms with E-state index in [9.17, 15) is 4.39 Å².